The Morgan fingerprint density at radius 3 is 2.26 bits per heavy atom. The van der Waals surface area contributed by atoms with Crippen LogP contribution in [0.25, 0.3) is 0 Å². The van der Waals surface area contributed by atoms with Crippen LogP contribution in [0.4, 0.5) is 0 Å². The third kappa shape index (κ3) is 4.47. The van der Waals surface area contributed by atoms with Crippen molar-refractivity contribution in [1.29, 1.82) is 0 Å². The first kappa shape index (κ1) is 16.4. The number of methoxy groups -OCH3 is 2. The van der Waals surface area contributed by atoms with E-state index in [0.717, 1.165) is 5.56 Å². The summed E-state index contributed by atoms with van der Waals surface area (Å²) in [6.45, 7) is 0. The fourth-order valence-corrected chi connectivity index (χ4v) is 2.01. The SMILES string of the molecule is COc1ccc(CC(=O)NNC(=O)c2ccccc2)cc1OC. The van der Waals surface area contributed by atoms with E-state index in [4.69, 9.17) is 9.47 Å². The standard InChI is InChI=1S/C17H18N2O4/c1-22-14-9-8-12(10-15(14)23-2)11-16(20)18-19-17(21)13-6-4-3-5-7-13/h3-10H,11H2,1-2H3,(H,18,20)(H,19,21). The lowest BCUT2D eigenvalue weighted by Crippen LogP contribution is -2.42. The first-order valence-electron chi connectivity index (χ1n) is 6.99. The fourth-order valence-electron chi connectivity index (χ4n) is 2.01. The normalized spacial score (nSPS) is 9.83. The predicted molar refractivity (Wildman–Crippen MR) is 85.3 cm³/mol. The topological polar surface area (TPSA) is 76.7 Å². The average Bonchev–Trinajstić information content (AvgIpc) is 2.60. The van der Waals surface area contributed by atoms with E-state index in [1.807, 2.05) is 6.07 Å². The van der Waals surface area contributed by atoms with Crippen molar-refractivity contribution in [2.75, 3.05) is 14.2 Å². The number of hydrogen-bond donors (Lipinski definition) is 2. The zero-order valence-corrected chi connectivity index (χ0v) is 13.0. The number of ether oxygens (including phenoxy) is 2. The molecule has 0 saturated heterocycles. The lowest BCUT2D eigenvalue weighted by atomic mass is 10.1. The van der Waals surface area contributed by atoms with Gasteiger partial charge in [0.1, 0.15) is 0 Å². The van der Waals surface area contributed by atoms with Crippen LogP contribution in [0.15, 0.2) is 48.5 Å². The molecule has 6 heteroatoms. The minimum Gasteiger partial charge on any atom is -0.493 e. The second-order valence-corrected chi connectivity index (χ2v) is 4.73. The first-order valence-corrected chi connectivity index (χ1v) is 6.99. The summed E-state index contributed by atoms with van der Waals surface area (Å²) >= 11 is 0. The molecule has 0 unspecified atom stereocenters. The highest BCUT2D eigenvalue weighted by atomic mass is 16.5. The Bertz CT molecular complexity index is 686. The molecule has 2 N–H and O–H groups in total. The van der Waals surface area contributed by atoms with Gasteiger partial charge < -0.3 is 9.47 Å². The predicted octanol–water partition coefficient (Wildman–Crippen LogP) is 1.71. The van der Waals surface area contributed by atoms with Crippen LogP contribution < -0.4 is 20.3 Å². The van der Waals surface area contributed by atoms with E-state index in [9.17, 15) is 9.59 Å². The van der Waals surface area contributed by atoms with E-state index in [-0.39, 0.29) is 18.2 Å². The number of hydrazine groups is 1. The second kappa shape index (κ2) is 7.84. The summed E-state index contributed by atoms with van der Waals surface area (Å²) < 4.78 is 10.3. The summed E-state index contributed by atoms with van der Waals surface area (Å²) in [4.78, 5) is 23.7. The summed E-state index contributed by atoms with van der Waals surface area (Å²) in [5.41, 5.74) is 5.98. The molecular formula is C17H18N2O4. The van der Waals surface area contributed by atoms with Crippen molar-refractivity contribution in [3.05, 3.63) is 59.7 Å². The molecule has 0 spiro atoms. The van der Waals surface area contributed by atoms with E-state index >= 15 is 0 Å². The average molecular weight is 314 g/mol. The van der Waals surface area contributed by atoms with E-state index in [1.165, 1.54) is 7.11 Å². The lowest BCUT2D eigenvalue weighted by molar-refractivity contribution is -0.121. The minimum absolute atomic E-state index is 0.107. The maximum Gasteiger partial charge on any atom is 0.269 e. The van der Waals surface area contributed by atoms with Crippen LogP contribution in [0, 0.1) is 0 Å². The van der Waals surface area contributed by atoms with Crippen LogP contribution in [0.5, 0.6) is 11.5 Å². The van der Waals surface area contributed by atoms with Crippen molar-refractivity contribution in [3.8, 4) is 11.5 Å². The molecule has 6 nitrogen and oxygen atoms in total. The van der Waals surface area contributed by atoms with Crippen LogP contribution in [-0.4, -0.2) is 26.0 Å². The number of nitrogens with one attached hydrogen (secondary N) is 2. The van der Waals surface area contributed by atoms with Gasteiger partial charge in [0.05, 0.1) is 20.6 Å². The Morgan fingerprint density at radius 1 is 0.913 bits per heavy atom. The summed E-state index contributed by atoms with van der Waals surface area (Å²) in [5.74, 6) is 0.438. The zero-order chi connectivity index (χ0) is 16.7. The number of carbonyl (C=O) groups excluding carboxylic acids is 2. The van der Waals surface area contributed by atoms with Gasteiger partial charge in [-0.3, -0.25) is 20.4 Å². The van der Waals surface area contributed by atoms with Crippen molar-refractivity contribution < 1.29 is 19.1 Å². The number of amides is 2. The van der Waals surface area contributed by atoms with Gasteiger partial charge in [-0.1, -0.05) is 24.3 Å². The van der Waals surface area contributed by atoms with Crippen LogP contribution in [-0.2, 0) is 11.2 Å². The van der Waals surface area contributed by atoms with E-state index < -0.39 is 0 Å². The molecule has 0 aliphatic rings. The highest BCUT2D eigenvalue weighted by Gasteiger charge is 2.10. The molecule has 0 bridgehead atoms. The third-order valence-corrected chi connectivity index (χ3v) is 3.16. The molecule has 2 aromatic rings. The number of benzene rings is 2. The number of rotatable bonds is 5. The second-order valence-electron chi connectivity index (χ2n) is 4.73. The highest BCUT2D eigenvalue weighted by Crippen LogP contribution is 2.27. The summed E-state index contributed by atoms with van der Waals surface area (Å²) in [5, 5.41) is 0. The summed E-state index contributed by atoms with van der Waals surface area (Å²) in [6, 6.07) is 13.8. The van der Waals surface area contributed by atoms with Gasteiger partial charge in [-0.05, 0) is 29.8 Å². The van der Waals surface area contributed by atoms with Gasteiger partial charge in [0.2, 0.25) is 5.91 Å². The van der Waals surface area contributed by atoms with E-state index in [2.05, 4.69) is 10.9 Å². The molecule has 0 aliphatic carbocycles. The molecule has 2 amide bonds. The Morgan fingerprint density at radius 2 is 1.61 bits per heavy atom. The summed E-state index contributed by atoms with van der Waals surface area (Å²) in [7, 11) is 3.07. The number of carbonyl (C=O) groups is 2. The molecule has 120 valence electrons. The molecule has 0 aliphatic heterocycles. The van der Waals surface area contributed by atoms with Crippen LogP contribution in [0.3, 0.4) is 0 Å². The van der Waals surface area contributed by atoms with Crippen molar-refractivity contribution in [2.45, 2.75) is 6.42 Å². The van der Waals surface area contributed by atoms with Crippen molar-refractivity contribution in [3.63, 3.8) is 0 Å². The zero-order valence-electron chi connectivity index (χ0n) is 13.0. The van der Waals surface area contributed by atoms with Gasteiger partial charge in [0.15, 0.2) is 11.5 Å². The van der Waals surface area contributed by atoms with Crippen molar-refractivity contribution in [1.82, 2.24) is 10.9 Å². The Kier molecular flexibility index (Phi) is 5.57. The molecular weight excluding hydrogens is 296 g/mol. The van der Waals surface area contributed by atoms with Crippen LogP contribution >= 0.6 is 0 Å². The van der Waals surface area contributed by atoms with E-state index in [1.54, 1.807) is 49.6 Å². The van der Waals surface area contributed by atoms with Gasteiger partial charge in [0.25, 0.3) is 5.91 Å². The molecule has 0 heterocycles. The van der Waals surface area contributed by atoms with Gasteiger partial charge in [-0.25, -0.2) is 0 Å². The van der Waals surface area contributed by atoms with Crippen molar-refractivity contribution >= 4 is 11.8 Å². The van der Waals surface area contributed by atoms with Crippen molar-refractivity contribution in [2.24, 2.45) is 0 Å². The monoisotopic (exact) mass is 314 g/mol. The fraction of sp³-hybridized carbons (Fsp3) is 0.176. The Hall–Kier alpha value is -3.02. The summed E-state index contributed by atoms with van der Waals surface area (Å²) in [6.07, 6.45) is 0.107. The maximum atomic E-state index is 11.9. The Labute approximate surface area is 134 Å². The molecule has 23 heavy (non-hydrogen) atoms. The highest BCUT2D eigenvalue weighted by molar-refractivity contribution is 5.95. The Balaban J connectivity index is 1.91. The molecule has 0 saturated carbocycles. The molecule has 0 fully saturated rings. The smallest absolute Gasteiger partial charge is 0.269 e. The van der Waals surface area contributed by atoms with Gasteiger partial charge in [-0.2, -0.15) is 0 Å². The molecule has 2 aromatic carbocycles. The van der Waals surface area contributed by atoms with Crippen LogP contribution in [0.1, 0.15) is 15.9 Å². The molecule has 2 rings (SSSR count). The molecule has 0 atom stereocenters. The minimum atomic E-state index is -0.369. The van der Waals surface area contributed by atoms with Gasteiger partial charge in [0, 0.05) is 5.56 Å². The van der Waals surface area contributed by atoms with Gasteiger partial charge >= 0.3 is 0 Å². The quantitative estimate of drug-likeness (QED) is 0.824. The molecule has 0 aromatic heterocycles. The van der Waals surface area contributed by atoms with E-state index in [0.29, 0.717) is 17.1 Å². The maximum absolute atomic E-state index is 11.9. The van der Waals surface area contributed by atoms with Gasteiger partial charge in [-0.15, -0.1) is 0 Å². The first-order chi connectivity index (χ1) is 11.1. The third-order valence-electron chi connectivity index (χ3n) is 3.16. The van der Waals surface area contributed by atoms with Crippen LogP contribution in [0.2, 0.25) is 0 Å². The molecule has 0 radical (unpaired) electrons. The number of hydrogen-bond acceptors (Lipinski definition) is 4. The largest absolute Gasteiger partial charge is 0.493 e. The lowest BCUT2D eigenvalue weighted by Gasteiger charge is -2.10.